The third-order valence-corrected chi connectivity index (χ3v) is 13.4. The Balaban J connectivity index is 1.28. The number of aliphatic hydroxyl groups excluding tert-OH is 1. The molecule has 3 aromatic rings. The van der Waals surface area contributed by atoms with E-state index in [0.717, 1.165) is 30.5 Å². The number of benzene rings is 1. The summed E-state index contributed by atoms with van der Waals surface area (Å²) in [5, 5.41) is 37.0. The number of nitrogens with one attached hydrogen (secondary N) is 2. The molecule has 354 valence electrons. The molecule has 0 saturated carbocycles. The maximum absolute atomic E-state index is 13.7. The number of nitrogen functional groups attached to an aromatic ring is 1. The molecule has 0 aliphatic carbocycles. The van der Waals surface area contributed by atoms with Crippen LogP contribution in [0.1, 0.15) is 94.4 Å². The number of hydrogen-bond acceptors (Lipinski definition) is 15. The second-order valence-corrected chi connectivity index (χ2v) is 18.4. The highest BCUT2D eigenvalue weighted by Crippen LogP contribution is 2.40. The number of aromatic nitrogens is 5. The average molecular weight is 894 g/mol. The lowest BCUT2D eigenvalue weighted by atomic mass is 9.78. The molecular weight excluding hydrogens is 823 g/mol. The molecule has 13 atom stereocenters. The van der Waals surface area contributed by atoms with Crippen LogP contribution in [0.3, 0.4) is 0 Å². The number of methoxy groups -OCH3 is 1. The van der Waals surface area contributed by atoms with Crippen LogP contribution in [0.2, 0.25) is 0 Å². The standard InChI is InChI=1S/C46H71N9O9/c1-11-28(3)46(9)40(55(44(60)64-46)20-13-12-19-54-26-36(52-53-54)33-15-14-16-34(47)22-33)32(7)50-24-27(2)23-45(8,61-10)41(30(5)38(56)31(6)42(58)59)63-43-39(57)35(21-29(4)62-43)51-37-25-48-17-18-49-37/h14-18,22,25-32,35,39-41,43,50,57H,11-13,19-21,23-24,47H2,1-10H3,(H,49,51)(H,58,59)/t27-,28-,29?,30+,31-,32-,35?,39?,40-,41-,43+,45-,46-/m1/s1. The summed E-state index contributed by atoms with van der Waals surface area (Å²) >= 11 is 0. The van der Waals surface area contributed by atoms with Crippen molar-refractivity contribution in [3.63, 3.8) is 0 Å². The van der Waals surface area contributed by atoms with Crippen molar-refractivity contribution in [2.24, 2.45) is 23.7 Å². The van der Waals surface area contributed by atoms with Gasteiger partial charge in [0.15, 0.2) is 12.1 Å². The van der Waals surface area contributed by atoms with Gasteiger partial charge < -0.3 is 45.5 Å². The van der Waals surface area contributed by atoms with Crippen LogP contribution in [0, 0.1) is 23.7 Å². The molecule has 4 heterocycles. The van der Waals surface area contributed by atoms with Crippen molar-refractivity contribution < 1.29 is 43.5 Å². The highest BCUT2D eigenvalue weighted by molar-refractivity contribution is 5.99. The van der Waals surface area contributed by atoms with E-state index < -0.39 is 59.3 Å². The second kappa shape index (κ2) is 22.0. The zero-order valence-electron chi connectivity index (χ0n) is 39.1. The number of cyclic esters (lactones) is 1. The Labute approximate surface area is 377 Å². The topological polar surface area (TPSA) is 238 Å². The number of carboxylic acids is 1. The smallest absolute Gasteiger partial charge is 0.410 e. The second-order valence-electron chi connectivity index (χ2n) is 18.4. The number of rotatable bonds is 24. The summed E-state index contributed by atoms with van der Waals surface area (Å²) in [5.74, 6) is -3.58. The van der Waals surface area contributed by atoms with Gasteiger partial charge in [0.05, 0.1) is 42.3 Å². The van der Waals surface area contributed by atoms with E-state index in [1.54, 1.807) is 30.2 Å². The molecule has 2 fully saturated rings. The van der Waals surface area contributed by atoms with Crippen molar-refractivity contribution in [1.82, 2.24) is 35.2 Å². The van der Waals surface area contributed by atoms with Gasteiger partial charge >= 0.3 is 12.1 Å². The van der Waals surface area contributed by atoms with Crippen molar-refractivity contribution in [1.29, 1.82) is 0 Å². The summed E-state index contributed by atoms with van der Waals surface area (Å²) in [6.45, 7) is 18.7. The summed E-state index contributed by atoms with van der Waals surface area (Å²) < 4.78 is 27.1. The first-order valence-corrected chi connectivity index (χ1v) is 22.6. The first kappa shape index (κ1) is 50.3. The molecule has 3 unspecified atom stereocenters. The molecule has 6 N–H and O–H groups in total. The molecule has 1 aromatic carbocycles. The molecule has 18 heteroatoms. The average Bonchev–Trinajstić information content (AvgIpc) is 3.85. The number of ether oxygens (including phenoxy) is 4. The van der Waals surface area contributed by atoms with Gasteiger partial charge in [-0.1, -0.05) is 45.0 Å². The van der Waals surface area contributed by atoms with Gasteiger partial charge in [-0.15, -0.1) is 5.10 Å². The fourth-order valence-electron chi connectivity index (χ4n) is 9.37. The highest BCUT2D eigenvalue weighted by atomic mass is 16.7. The number of aliphatic hydroxyl groups is 1. The van der Waals surface area contributed by atoms with Crippen LogP contribution in [0.5, 0.6) is 0 Å². The maximum Gasteiger partial charge on any atom is 0.410 e. The lowest BCUT2D eigenvalue weighted by Crippen LogP contribution is -2.59. The van der Waals surface area contributed by atoms with E-state index in [2.05, 4.69) is 58.6 Å². The van der Waals surface area contributed by atoms with Gasteiger partial charge in [0.2, 0.25) is 0 Å². The highest BCUT2D eigenvalue weighted by Gasteiger charge is 2.55. The number of carboxylic acid groups (broad SMARTS) is 1. The Bertz CT molecular complexity index is 1990. The Hall–Kier alpha value is -4.75. The number of aliphatic carboxylic acids is 1. The van der Waals surface area contributed by atoms with Crippen LogP contribution in [0.25, 0.3) is 11.3 Å². The van der Waals surface area contributed by atoms with Crippen LogP contribution in [-0.4, -0.2) is 132 Å². The van der Waals surface area contributed by atoms with Crippen LogP contribution >= 0.6 is 0 Å². The lowest BCUT2D eigenvalue weighted by molar-refractivity contribution is -0.287. The Morgan fingerprint density at radius 3 is 2.53 bits per heavy atom. The molecule has 1 amide bonds. The summed E-state index contributed by atoms with van der Waals surface area (Å²) in [6.07, 6.45) is 5.59. The lowest BCUT2D eigenvalue weighted by Gasteiger charge is -2.46. The summed E-state index contributed by atoms with van der Waals surface area (Å²) in [6, 6.07) is 6.53. The van der Waals surface area contributed by atoms with Crippen molar-refractivity contribution in [2.45, 2.75) is 155 Å². The number of carbonyl (C=O) groups is 3. The number of ketones is 1. The van der Waals surface area contributed by atoms with Gasteiger partial charge in [-0.05, 0) is 97.2 Å². The molecule has 2 aromatic heterocycles. The fraction of sp³-hybridized carbons (Fsp3) is 0.674. The van der Waals surface area contributed by atoms with E-state index >= 15 is 0 Å². The third kappa shape index (κ3) is 11.9. The maximum atomic E-state index is 13.7. The van der Waals surface area contributed by atoms with Crippen LogP contribution in [0.15, 0.2) is 49.1 Å². The van der Waals surface area contributed by atoms with E-state index in [4.69, 9.17) is 24.7 Å². The minimum Gasteiger partial charge on any atom is -0.481 e. The summed E-state index contributed by atoms with van der Waals surface area (Å²) in [7, 11) is 1.54. The number of nitrogens with zero attached hydrogens (tertiary/aromatic N) is 6. The summed E-state index contributed by atoms with van der Waals surface area (Å²) in [4.78, 5) is 49.7. The SMILES string of the molecule is CC[C@@H](C)[C@@]1(C)OC(=O)N(CCCCn2cc(-c3cccc(N)c3)nn2)[C@@H]1[C@@H](C)NC[C@H](C)C[C@@](C)(OC)[C@H](O[C@@H]1OC(C)CC(Nc2cnccn2)C1O)[C@@H](C)C(=O)[C@@H](C)C(=O)O. The Morgan fingerprint density at radius 2 is 1.88 bits per heavy atom. The normalized spacial score (nSPS) is 26.3. The molecule has 2 aliphatic heterocycles. The molecule has 0 bridgehead atoms. The Morgan fingerprint density at radius 1 is 1.14 bits per heavy atom. The molecular formula is C46H71N9O9. The number of carbonyl (C=O) groups excluding carboxylic acids is 2. The van der Waals surface area contributed by atoms with Crippen molar-refractivity contribution in [3.05, 3.63) is 49.1 Å². The van der Waals surface area contributed by atoms with Gasteiger partial charge in [0, 0.05) is 55.8 Å². The first-order valence-electron chi connectivity index (χ1n) is 22.6. The molecule has 2 saturated heterocycles. The molecule has 18 nitrogen and oxygen atoms in total. The minimum atomic E-state index is -1.31. The zero-order valence-corrected chi connectivity index (χ0v) is 39.1. The van der Waals surface area contributed by atoms with Gasteiger partial charge in [0.1, 0.15) is 29.1 Å². The predicted octanol–water partition coefficient (Wildman–Crippen LogP) is 5.42. The van der Waals surface area contributed by atoms with Crippen LogP contribution < -0.4 is 16.4 Å². The van der Waals surface area contributed by atoms with Gasteiger partial charge in [-0.25, -0.2) is 9.78 Å². The number of hydrogen-bond donors (Lipinski definition) is 5. The zero-order chi connectivity index (χ0) is 46.9. The number of amides is 1. The number of nitrogens with two attached hydrogens (primary N) is 1. The quantitative estimate of drug-likeness (QED) is 0.0429. The van der Waals surface area contributed by atoms with Crippen LogP contribution in [-0.2, 0) is 35.1 Å². The van der Waals surface area contributed by atoms with Crippen molar-refractivity contribution in [2.75, 3.05) is 31.2 Å². The molecule has 2 aliphatic rings. The van der Waals surface area contributed by atoms with Crippen LogP contribution in [0.4, 0.5) is 16.3 Å². The molecule has 0 spiro atoms. The van der Waals surface area contributed by atoms with E-state index in [1.165, 1.54) is 14.0 Å². The van der Waals surface area contributed by atoms with Crippen molar-refractivity contribution >= 4 is 29.4 Å². The number of aryl methyl sites for hydroxylation is 1. The Kier molecular flexibility index (Phi) is 17.2. The number of unbranched alkanes of at least 4 members (excludes halogenated alkanes) is 1. The molecule has 0 radical (unpaired) electrons. The van der Waals surface area contributed by atoms with E-state index in [-0.39, 0.29) is 36.1 Å². The summed E-state index contributed by atoms with van der Waals surface area (Å²) in [5.41, 5.74) is 6.35. The predicted molar refractivity (Wildman–Crippen MR) is 241 cm³/mol. The van der Waals surface area contributed by atoms with Gasteiger partial charge in [-0.3, -0.25) is 24.2 Å². The van der Waals surface area contributed by atoms with E-state index in [0.29, 0.717) is 44.0 Å². The van der Waals surface area contributed by atoms with E-state index in [9.17, 15) is 24.6 Å². The number of Topliss-reactive ketones (excluding diaryl/α,β-unsaturated/α-hetero) is 1. The first-order chi connectivity index (χ1) is 30.3. The molecule has 5 rings (SSSR count). The molecule has 64 heavy (non-hydrogen) atoms. The monoisotopic (exact) mass is 894 g/mol. The van der Waals surface area contributed by atoms with Crippen molar-refractivity contribution in [3.8, 4) is 11.3 Å². The largest absolute Gasteiger partial charge is 0.481 e. The van der Waals surface area contributed by atoms with Gasteiger partial charge in [-0.2, -0.15) is 0 Å². The number of anilines is 2. The fourth-order valence-corrected chi connectivity index (χ4v) is 9.37. The third-order valence-electron chi connectivity index (χ3n) is 13.4. The van der Waals surface area contributed by atoms with E-state index in [1.807, 2.05) is 56.1 Å². The minimum absolute atomic E-state index is 0.0751. The van der Waals surface area contributed by atoms with Gasteiger partial charge in [0.25, 0.3) is 0 Å².